The molecular formula is C13H26N2O. The third kappa shape index (κ3) is 4.96. The first kappa shape index (κ1) is 15.4. The Hall–Kier alpha value is -0.590. The zero-order chi connectivity index (χ0) is 13.0. The molecule has 0 aromatic rings. The van der Waals surface area contributed by atoms with Crippen LogP contribution in [-0.4, -0.2) is 22.8 Å². The Balaban J connectivity index is 3.98. The summed E-state index contributed by atoms with van der Waals surface area (Å²) in [4.78, 5) is 0. The first-order chi connectivity index (χ1) is 7.02. The van der Waals surface area contributed by atoms with Crippen LogP contribution in [0.3, 0.4) is 0 Å². The molecule has 3 nitrogen and oxygen atoms in total. The second-order valence-electron chi connectivity index (χ2n) is 6.21. The van der Waals surface area contributed by atoms with E-state index in [4.69, 9.17) is 5.26 Å². The fraction of sp³-hybridized carbons (Fsp3) is 0.923. The average molecular weight is 226 g/mol. The molecular weight excluding hydrogens is 200 g/mol. The van der Waals surface area contributed by atoms with Crippen molar-refractivity contribution in [2.75, 3.05) is 6.54 Å². The van der Waals surface area contributed by atoms with Crippen LogP contribution in [0.1, 0.15) is 54.4 Å². The van der Waals surface area contributed by atoms with E-state index in [0.29, 0.717) is 0 Å². The van der Waals surface area contributed by atoms with Gasteiger partial charge in [-0.25, -0.2) is 0 Å². The van der Waals surface area contributed by atoms with Gasteiger partial charge in [0.15, 0.2) is 0 Å². The van der Waals surface area contributed by atoms with Crippen molar-refractivity contribution in [1.29, 1.82) is 5.26 Å². The maximum Gasteiger partial charge on any atom is 0.0767 e. The third-order valence-corrected chi connectivity index (χ3v) is 3.38. The molecule has 16 heavy (non-hydrogen) atoms. The summed E-state index contributed by atoms with van der Waals surface area (Å²) in [5, 5.41) is 22.1. The van der Waals surface area contributed by atoms with E-state index in [1.54, 1.807) is 13.8 Å². The summed E-state index contributed by atoms with van der Waals surface area (Å²) in [6, 6.07) is 2.29. The van der Waals surface area contributed by atoms with E-state index < -0.39 is 5.60 Å². The first-order valence-corrected chi connectivity index (χ1v) is 5.90. The lowest BCUT2D eigenvalue weighted by Gasteiger charge is -2.38. The van der Waals surface area contributed by atoms with E-state index in [9.17, 15) is 5.11 Å². The molecule has 94 valence electrons. The van der Waals surface area contributed by atoms with Gasteiger partial charge in [-0.2, -0.15) is 5.26 Å². The van der Waals surface area contributed by atoms with Crippen molar-refractivity contribution in [3.8, 4) is 6.07 Å². The number of nitrogens with one attached hydrogen (secondary N) is 1. The molecule has 0 aromatic carbocycles. The average Bonchev–Trinajstić information content (AvgIpc) is 2.11. The van der Waals surface area contributed by atoms with Crippen LogP contribution >= 0.6 is 0 Å². The molecule has 0 heterocycles. The number of rotatable bonds is 6. The van der Waals surface area contributed by atoms with E-state index in [2.05, 4.69) is 11.4 Å². The van der Waals surface area contributed by atoms with Gasteiger partial charge in [-0.1, -0.05) is 0 Å². The molecule has 0 radical (unpaired) electrons. The Morgan fingerprint density at radius 2 is 1.62 bits per heavy atom. The number of aliphatic hydroxyl groups is 1. The highest BCUT2D eigenvalue weighted by Gasteiger charge is 2.34. The SMILES string of the molecule is CC(C)(C#N)CCCNC(C)(C)C(C)(C)O. The number of nitriles is 1. The lowest BCUT2D eigenvalue weighted by atomic mass is 9.85. The Bertz CT molecular complexity index is 256. The predicted molar refractivity (Wildman–Crippen MR) is 67.0 cm³/mol. The zero-order valence-corrected chi connectivity index (χ0v) is 11.5. The van der Waals surface area contributed by atoms with Crippen LogP contribution in [0.25, 0.3) is 0 Å². The van der Waals surface area contributed by atoms with Gasteiger partial charge in [-0.15, -0.1) is 0 Å². The summed E-state index contributed by atoms with van der Waals surface area (Å²) < 4.78 is 0. The van der Waals surface area contributed by atoms with Crippen molar-refractivity contribution in [3.05, 3.63) is 0 Å². The third-order valence-electron chi connectivity index (χ3n) is 3.38. The van der Waals surface area contributed by atoms with E-state index in [1.165, 1.54) is 0 Å². The van der Waals surface area contributed by atoms with Gasteiger partial charge in [0.1, 0.15) is 0 Å². The van der Waals surface area contributed by atoms with Crippen molar-refractivity contribution < 1.29 is 5.11 Å². The Labute approximate surface area is 99.9 Å². The van der Waals surface area contributed by atoms with Crippen molar-refractivity contribution in [3.63, 3.8) is 0 Å². The van der Waals surface area contributed by atoms with Crippen molar-refractivity contribution in [2.45, 2.75) is 65.5 Å². The minimum Gasteiger partial charge on any atom is -0.389 e. The monoisotopic (exact) mass is 226 g/mol. The van der Waals surface area contributed by atoms with Crippen LogP contribution in [0.2, 0.25) is 0 Å². The van der Waals surface area contributed by atoms with Gasteiger partial charge in [0.2, 0.25) is 0 Å². The topological polar surface area (TPSA) is 56.0 Å². The molecule has 0 spiro atoms. The lowest BCUT2D eigenvalue weighted by Crippen LogP contribution is -2.56. The molecule has 0 rings (SSSR count). The molecule has 0 aliphatic carbocycles. The zero-order valence-electron chi connectivity index (χ0n) is 11.5. The largest absolute Gasteiger partial charge is 0.389 e. The number of nitrogens with zero attached hydrogens (tertiary/aromatic N) is 1. The molecule has 0 unspecified atom stereocenters. The molecule has 0 amide bonds. The molecule has 0 aromatic heterocycles. The fourth-order valence-electron chi connectivity index (χ4n) is 1.20. The Morgan fingerprint density at radius 1 is 1.12 bits per heavy atom. The quantitative estimate of drug-likeness (QED) is 0.684. The minimum atomic E-state index is -0.752. The van der Waals surface area contributed by atoms with Gasteiger partial charge in [-0.3, -0.25) is 0 Å². The van der Waals surface area contributed by atoms with Crippen LogP contribution in [0.4, 0.5) is 0 Å². The highest BCUT2D eigenvalue weighted by Crippen LogP contribution is 2.22. The highest BCUT2D eigenvalue weighted by atomic mass is 16.3. The molecule has 0 saturated heterocycles. The summed E-state index contributed by atoms with van der Waals surface area (Å²) in [6.45, 7) is 12.3. The molecule has 2 N–H and O–H groups in total. The van der Waals surface area contributed by atoms with Crippen molar-refractivity contribution in [1.82, 2.24) is 5.32 Å². The second-order valence-corrected chi connectivity index (χ2v) is 6.21. The summed E-state index contributed by atoms with van der Waals surface area (Å²) in [5.41, 5.74) is -1.32. The summed E-state index contributed by atoms with van der Waals surface area (Å²) in [7, 11) is 0. The molecule has 0 atom stereocenters. The minimum absolute atomic E-state index is 0.249. The normalized spacial score (nSPS) is 13.6. The molecule has 0 aliphatic rings. The first-order valence-electron chi connectivity index (χ1n) is 5.90. The van der Waals surface area contributed by atoms with Crippen LogP contribution in [0, 0.1) is 16.7 Å². The fourth-order valence-corrected chi connectivity index (χ4v) is 1.20. The van der Waals surface area contributed by atoms with Gasteiger partial charge < -0.3 is 10.4 Å². The van der Waals surface area contributed by atoms with Crippen LogP contribution in [0.5, 0.6) is 0 Å². The second kappa shape index (κ2) is 5.16. The molecule has 0 fully saturated rings. The van der Waals surface area contributed by atoms with Crippen molar-refractivity contribution >= 4 is 0 Å². The van der Waals surface area contributed by atoms with Crippen LogP contribution in [0.15, 0.2) is 0 Å². The molecule has 0 saturated carbocycles. The highest BCUT2D eigenvalue weighted by molar-refractivity contribution is 4.94. The van der Waals surface area contributed by atoms with Gasteiger partial charge in [0.25, 0.3) is 0 Å². The summed E-state index contributed by atoms with van der Waals surface area (Å²) >= 11 is 0. The Kier molecular flexibility index (Phi) is 4.97. The number of hydrogen-bond donors (Lipinski definition) is 2. The van der Waals surface area contributed by atoms with E-state index in [1.807, 2.05) is 27.7 Å². The maximum atomic E-state index is 9.94. The maximum absolute atomic E-state index is 9.94. The van der Waals surface area contributed by atoms with Crippen LogP contribution in [-0.2, 0) is 0 Å². The van der Waals surface area contributed by atoms with Gasteiger partial charge in [-0.05, 0) is 60.9 Å². The van der Waals surface area contributed by atoms with E-state index >= 15 is 0 Å². The Morgan fingerprint density at radius 3 is 2.00 bits per heavy atom. The van der Waals surface area contributed by atoms with E-state index in [-0.39, 0.29) is 11.0 Å². The van der Waals surface area contributed by atoms with Crippen LogP contribution < -0.4 is 5.32 Å². The predicted octanol–water partition coefficient (Wildman–Crippen LogP) is 2.46. The molecule has 0 bridgehead atoms. The van der Waals surface area contributed by atoms with Gasteiger partial charge in [0.05, 0.1) is 17.1 Å². The smallest absolute Gasteiger partial charge is 0.0767 e. The summed E-state index contributed by atoms with van der Waals surface area (Å²) in [5.74, 6) is 0. The molecule has 0 aliphatic heterocycles. The van der Waals surface area contributed by atoms with Gasteiger partial charge >= 0.3 is 0 Å². The van der Waals surface area contributed by atoms with Gasteiger partial charge in [0, 0.05) is 5.54 Å². The van der Waals surface area contributed by atoms with E-state index in [0.717, 1.165) is 19.4 Å². The molecule has 3 heteroatoms. The standard InChI is InChI=1S/C13H26N2O/c1-11(2,10-14)8-7-9-15-12(3,4)13(5,6)16/h15-16H,7-9H2,1-6H3. The van der Waals surface area contributed by atoms with Crippen molar-refractivity contribution in [2.24, 2.45) is 5.41 Å². The number of hydrogen-bond acceptors (Lipinski definition) is 3. The lowest BCUT2D eigenvalue weighted by molar-refractivity contribution is -0.00456. The summed E-state index contributed by atoms with van der Waals surface area (Å²) in [6.07, 6.45) is 1.82.